The summed E-state index contributed by atoms with van der Waals surface area (Å²) in [4.78, 5) is 10.4. The number of rotatable bonds is 3. The minimum Gasteiger partial charge on any atom is -0.366 e. The van der Waals surface area contributed by atoms with Gasteiger partial charge in [0.15, 0.2) is 0 Å². The van der Waals surface area contributed by atoms with Gasteiger partial charge in [0.05, 0.1) is 11.8 Å². The Morgan fingerprint density at radius 2 is 1.60 bits per heavy atom. The number of hydrogen-bond acceptors (Lipinski definition) is 3. The Morgan fingerprint density at radius 1 is 1.00 bits per heavy atom. The van der Waals surface area contributed by atoms with Gasteiger partial charge in [-0.1, -0.05) is 42.5 Å². The van der Waals surface area contributed by atoms with Gasteiger partial charge in [0.25, 0.3) is 5.91 Å². The molecule has 8 heteroatoms. The number of thioether (sulfide) groups is 1. The van der Waals surface area contributed by atoms with Crippen molar-refractivity contribution >= 4 is 17.7 Å². The minimum absolute atomic E-state index is 0.0954. The lowest BCUT2D eigenvalue weighted by molar-refractivity contribution is -0.0328. The Kier molecular flexibility index (Phi) is 6.24. The largest absolute Gasteiger partial charge is 0.446 e. The van der Waals surface area contributed by atoms with Crippen LogP contribution in [0, 0.1) is 0 Å². The number of amides is 1. The second-order valence-corrected chi connectivity index (χ2v) is 5.93. The Hall–Kier alpha value is -2.74. The van der Waals surface area contributed by atoms with Crippen LogP contribution in [-0.4, -0.2) is 21.6 Å². The predicted molar refractivity (Wildman–Crippen MR) is 90.9 cm³/mol. The van der Waals surface area contributed by atoms with E-state index in [1.54, 1.807) is 12.1 Å². The quantitative estimate of drug-likeness (QED) is 0.673. The highest BCUT2D eigenvalue weighted by Crippen LogP contribution is 2.37. The fraction of sp³-hybridized carbons (Fsp3) is 0.0588. The molecule has 1 aromatic heterocycles. The van der Waals surface area contributed by atoms with E-state index in [2.05, 4.69) is 10.2 Å². The first kappa shape index (κ1) is 18.6. The van der Waals surface area contributed by atoms with Crippen molar-refractivity contribution in [1.82, 2.24) is 10.2 Å². The Morgan fingerprint density at radius 3 is 2.04 bits per heavy atom. The molecule has 0 unspecified atom stereocenters. The van der Waals surface area contributed by atoms with E-state index < -0.39 is 11.4 Å². The van der Waals surface area contributed by atoms with Crippen LogP contribution >= 0.6 is 11.8 Å². The molecule has 0 saturated carbocycles. The van der Waals surface area contributed by atoms with Gasteiger partial charge in [-0.25, -0.2) is 0 Å². The minimum atomic E-state index is -4.23. The number of aromatic amines is 1. The van der Waals surface area contributed by atoms with Gasteiger partial charge in [-0.2, -0.15) is 18.3 Å². The van der Waals surface area contributed by atoms with E-state index >= 15 is 0 Å². The number of halogens is 3. The molecule has 0 atom stereocenters. The van der Waals surface area contributed by atoms with Gasteiger partial charge in [-0.3, -0.25) is 9.89 Å². The second-order valence-electron chi connectivity index (χ2n) is 4.79. The highest BCUT2D eigenvalue weighted by Gasteiger charge is 2.28. The molecule has 2 aromatic carbocycles. The molecule has 1 amide bonds. The first-order valence-electron chi connectivity index (χ1n) is 7.05. The van der Waals surface area contributed by atoms with Gasteiger partial charge in [0.1, 0.15) is 0 Å². The van der Waals surface area contributed by atoms with E-state index in [1.165, 1.54) is 24.5 Å². The molecule has 3 N–H and O–H groups in total. The molecule has 0 spiro atoms. The Balaban J connectivity index is 0.000000236. The van der Waals surface area contributed by atoms with Crippen LogP contribution in [0.1, 0.15) is 10.4 Å². The number of hydrogen-bond donors (Lipinski definition) is 2. The van der Waals surface area contributed by atoms with Crippen LogP contribution in [0.4, 0.5) is 13.2 Å². The fourth-order valence-electron chi connectivity index (χ4n) is 1.87. The summed E-state index contributed by atoms with van der Waals surface area (Å²) in [6.45, 7) is 0. The van der Waals surface area contributed by atoms with Crippen molar-refractivity contribution < 1.29 is 18.0 Å². The third-order valence-corrected chi connectivity index (χ3v) is 3.72. The van der Waals surface area contributed by atoms with Crippen LogP contribution in [0.15, 0.2) is 71.9 Å². The molecule has 1 heterocycles. The van der Waals surface area contributed by atoms with Crippen molar-refractivity contribution in [2.45, 2.75) is 10.4 Å². The SMILES string of the molecule is FC(F)(F)Sc1ccc(-c2ccccc2)cc1.NC(=O)c1cn[nH]c1. The molecule has 0 fully saturated rings. The number of carbonyl (C=O) groups is 1. The lowest BCUT2D eigenvalue weighted by Gasteiger charge is -2.06. The average Bonchev–Trinajstić information content (AvgIpc) is 3.10. The number of nitrogens with zero attached hydrogens (tertiary/aromatic N) is 1. The lowest BCUT2D eigenvalue weighted by atomic mass is 10.1. The standard InChI is InChI=1S/C13H9F3S.C4H5N3O/c14-13(15,16)17-12-8-6-11(7-9-12)10-4-2-1-3-5-10;5-4(8)3-1-6-7-2-3/h1-9H;1-2H,(H2,5,8)(H,6,7). The molecule has 0 aliphatic carbocycles. The monoisotopic (exact) mass is 365 g/mol. The van der Waals surface area contributed by atoms with E-state index in [4.69, 9.17) is 5.73 Å². The highest BCUT2D eigenvalue weighted by molar-refractivity contribution is 8.00. The molecule has 130 valence electrons. The third kappa shape index (κ3) is 6.34. The van der Waals surface area contributed by atoms with Crippen LogP contribution in [0.3, 0.4) is 0 Å². The number of aromatic nitrogens is 2. The number of primary amides is 1. The van der Waals surface area contributed by atoms with Crippen molar-refractivity contribution in [3.05, 3.63) is 72.6 Å². The topological polar surface area (TPSA) is 71.8 Å². The normalized spacial score (nSPS) is 10.7. The molecule has 25 heavy (non-hydrogen) atoms. The van der Waals surface area contributed by atoms with E-state index in [0.29, 0.717) is 5.56 Å². The van der Waals surface area contributed by atoms with Crippen molar-refractivity contribution in [2.75, 3.05) is 0 Å². The van der Waals surface area contributed by atoms with Crippen molar-refractivity contribution in [3.8, 4) is 11.1 Å². The molecule has 3 aromatic rings. The number of alkyl halides is 3. The molecule has 3 rings (SSSR count). The predicted octanol–water partition coefficient (Wildman–Crippen LogP) is 4.47. The summed E-state index contributed by atoms with van der Waals surface area (Å²) < 4.78 is 36.4. The third-order valence-electron chi connectivity index (χ3n) is 2.98. The molecule has 0 saturated heterocycles. The second kappa shape index (κ2) is 8.39. The van der Waals surface area contributed by atoms with Gasteiger partial charge in [-0.05, 0) is 35.0 Å². The molecule has 0 aliphatic rings. The number of nitrogens with two attached hydrogens (primary N) is 1. The smallest absolute Gasteiger partial charge is 0.366 e. The Bertz CT molecular complexity index is 788. The van der Waals surface area contributed by atoms with Crippen LogP contribution in [0.2, 0.25) is 0 Å². The summed E-state index contributed by atoms with van der Waals surface area (Å²) in [5, 5.41) is 5.98. The van der Waals surface area contributed by atoms with Crippen molar-refractivity contribution in [3.63, 3.8) is 0 Å². The number of carbonyl (C=O) groups excluding carboxylic acids is 1. The van der Waals surface area contributed by atoms with Crippen LogP contribution in [0.25, 0.3) is 11.1 Å². The van der Waals surface area contributed by atoms with Crippen molar-refractivity contribution in [2.24, 2.45) is 5.73 Å². The number of H-pyrrole nitrogens is 1. The summed E-state index contributed by atoms with van der Waals surface area (Å²) >= 11 is -0.0954. The molecule has 0 aliphatic heterocycles. The molecular formula is C17H14F3N3OS. The van der Waals surface area contributed by atoms with Gasteiger partial charge in [0, 0.05) is 11.1 Å². The molecule has 0 radical (unpaired) electrons. The van der Waals surface area contributed by atoms with E-state index in [0.717, 1.165) is 11.1 Å². The zero-order valence-corrected chi connectivity index (χ0v) is 13.6. The maximum atomic E-state index is 12.1. The maximum absolute atomic E-state index is 12.1. The summed E-state index contributed by atoms with van der Waals surface area (Å²) in [5.41, 5.74) is 2.95. The van der Waals surface area contributed by atoms with Gasteiger partial charge >= 0.3 is 5.51 Å². The molecule has 4 nitrogen and oxygen atoms in total. The van der Waals surface area contributed by atoms with Crippen LogP contribution < -0.4 is 5.73 Å². The Labute approximate surface area is 146 Å². The molecular weight excluding hydrogens is 351 g/mol. The van der Waals surface area contributed by atoms with E-state index in [1.807, 2.05) is 30.3 Å². The summed E-state index contributed by atoms with van der Waals surface area (Å²) in [7, 11) is 0. The lowest BCUT2D eigenvalue weighted by Crippen LogP contribution is -2.09. The maximum Gasteiger partial charge on any atom is 0.446 e. The van der Waals surface area contributed by atoms with Crippen LogP contribution in [-0.2, 0) is 0 Å². The zero-order valence-electron chi connectivity index (χ0n) is 12.8. The number of nitrogens with one attached hydrogen (secondary N) is 1. The van der Waals surface area contributed by atoms with E-state index in [9.17, 15) is 18.0 Å². The summed E-state index contributed by atoms with van der Waals surface area (Å²) in [6, 6.07) is 15.9. The van der Waals surface area contributed by atoms with Gasteiger partial charge < -0.3 is 5.73 Å². The van der Waals surface area contributed by atoms with Gasteiger partial charge in [0.2, 0.25) is 0 Å². The zero-order chi connectivity index (χ0) is 18.3. The summed E-state index contributed by atoms with van der Waals surface area (Å²) in [6.07, 6.45) is 2.82. The fourth-order valence-corrected chi connectivity index (χ4v) is 2.40. The van der Waals surface area contributed by atoms with E-state index in [-0.39, 0.29) is 16.7 Å². The average molecular weight is 365 g/mol. The van der Waals surface area contributed by atoms with Gasteiger partial charge in [-0.15, -0.1) is 0 Å². The number of benzene rings is 2. The van der Waals surface area contributed by atoms with Crippen molar-refractivity contribution in [1.29, 1.82) is 0 Å². The first-order valence-corrected chi connectivity index (χ1v) is 7.86. The van der Waals surface area contributed by atoms with Crippen LogP contribution in [0.5, 0.6) is 0 Å². The molecule has 0 bridgehead atoms. The summed E-state index contributed by atoms with van der Waals surface area (Å²) in [5.74, 6) is -0.459. The first-order chi connectivity index (χ1) is 11.8. The highest BCUT2D eigenvalue weighted by atomic mass is 32.2.